The summed E-state index contributed by atoms with van der Waals surface area (Å²) < 4.78 is 5.18. The minimum Gasteiger partial charge on any atom is -0.464 e. The third-order valence-electron chi connectivity index (χ3n) is 5.26. The number of aliphatic hydroxyl groups excluding tert-OH is 1. The van der Waals surface area contributed by atoms with Crippen molar-refractivity contribution < 1.29 is 24.2 Å². The normalized spacial score (nSPS) is 39.2. The lowest BCUT2D eigenvalue weighted by molar-refractivity contribution is -0.172. The first-order valence-electron chi connectivity index (χ1n) is 8.48. The van der Waals surface area contributed by atoms with Crippen LogP contribution in [-0.2, 0) is 19.1 Å². The molecule has 3 rings (SSSR count). The number of amides is 2. The van der Waals surface area contributed by atoms with Crippen LogP contribution in [-0.4, -0.2) is 69.6 Å². The molecule has 2 N–H and O–H groups in total. The van der Waals surface area contributed by atoms with Crippen LogP contribution in [0.5, 0.6) is 0 Å². The van der Waals surface area contributed by atoms with Gasteiger partial charge in [-0.2, -0.15) is 0 Å². The zero-order chi connectivity index (χ0) is 17.6. The molecule has 0 radical (unpaired) electrons. The Balaban J connectivity index is 1.85. The molecule has 3 fully saturated rings. The van der Waals surface area contributed by atoms with Gasteiger partial charge in [0.1, 0.15) is 6.04 Å². The highest BCUT2D eigenvalue weighted by Crippen LogP contribution is 2.50. The van der Waals surface area contributed by atoms with Crippen molar-refractivity contribution in [3.63, 3.8) is 0 Å². The van der Waals surface area contributed by atoms with Crippen LogP contribution in [0, 0.1) is 11.8 Å². The van der Waals surface area contributed by atoms with Crippen molar-refractivity contribution in [1.29, 1.82) is 0 Å². The van der Waals surface area contributed by atoms with E-state index < -0.39 is 24.0 Å². The van der Waals surface area contributed by atoms with Crippen LogP contribution in [0.15, 0.2) is 0 Å². The lowest BCUT2D eigenvalue weighted by Crippen LogP contribution is -2.65. The molecule has 134 valence electrons. The van der Waals surface area contributed by atoms with Gasteiger partial charge in [-0.3, -0.25) is 9.59 Å². The quantitative estimate of drug-likeness (QED) is 0.522. The molecule has 7 nitrogen and oxygen atoms in total. The third kappa shape index (κ3) is 2.60. The Morgan fingerprint density at radius 3 is 2.75 bits per heavy atom. The summed E-state index contributed by atoms with van der Waals surface area (Å²) in [7, 11) is 0. The summed E-state index contributed by atoms with van der Waals surface area (Å²) in [5, 5.41) is 12.3. The van der Waals surface area contributed by atoms with E-state index in [4.69, 9.17) is 4.74 Å². The van der Waals surface area contributed by atoms with Gasteiger partial charge in [0, 0.05) is 11.8 Å². The van der Waals surface area contributed by atoms with Gasteiger partial charge in [0.05, 0.1) is 29.9 Å². The number of carbonyl (C=O) groups excluding carboxylic acids is 3. The second kappa shape index (κ2) is 6.55. The molecule has 0 saturated carbocycles. The number of carbonyl (C=O) groups is 3. The number of hydrogen-bond donors (Lipinski definition) is 2. The number of β-lactam (4-membered cyclic amide) rings is 1. The van der Waals surface area contributed by atoms with Crippen molar-refractivity contribution in [2.24, 2.45) is 11.8 Å². The molecule has 3 aliphatic rings. The van der Waals surface area contributed by atoms with E-state index in [2.05, 4.69) is 5.32 Å². The van der Waals surface area contributed by atoms with E-state index in [0.717, 1.165) is 6.42 Å². The first kappa shape index (κ1) is 17.5. The van der Waals surface area contributed by atoms with E-state index in [1.807, 2.05) is 6.92 Å². The molecule has 3 saturated heterocycles. The summed E-state index contributed by atoms with van der Waals surface area (Å²) in [4.78, 5) is 38.4. The highest BCUT2D eigenvalue weighted by Gasteiger charge is 2.65. The SMILES string of the molecule is CCOC(=O)C1C(SC2CCNC2=O)C(C)C2C(C(C)O)C(=O)N12. The fraction of sp³-hybridized carbons (Fsp3) is 0.812. The van der Waals surface area contributed by atoms with Crippen LogP contribution in [0.25, 0.3) is 0 Å². The zero-order valence-corrected chi connectivity index (χ0v) is 14.9. The molecule has 24 heavy (non-hydrogen) atoms. The second-order valence-electron chi connectivity index (χ2n) is 6.73. The molecule has 0 spiro atoms. The number of aliphatic hydroxyl groups is 1. The Morgan fingerprint density at radius 2 is 2.21 bits per heavy atom. The predicted molar refractivity (Wildman–Crippen MR) is 88.2 cm³/mol. The number of nitrogens with one attached hydrogen (secondary N) is 1. The van der Waals surface area contributed by atoms with Crippen molar-refractivity contribution in [2.45, 2.75) is 55.9 Å². The molecule has 0 aromatic heterocycles. The summed E-state index contributed by atoms with van der Waals surface area (Å²) in [6.07, 6.45) is -0.0247. The van der Waals surface area contributed by atoms with E-state index in [0.29, 0.717) is 6.54 Å². The predicted octanol–water partition coefficient (Wildman–Crippen LogP) is -0.234. The Labute approximate surface area is 145 Å². The van der Waals surface area contributed by atoms with Crippen LogP contribution >= 0.6 is 11.8 Å². The second-order valence-corrected chi connectivity index (χ2v) is 8.11. The number of thioether (sulfide) groups is 1. The molecule has 8 heteroatoms. The van der Waals surface area contributed by atoms with Crippen LogP contribution in [0.1, 0.15) is 27.2 Å². The number of hydrogen-bond acceptors (Lipinski definition) is 6. The van der Waals surface area contributed by atoms with Gasteiger partial charge < -0.3 is 20.1 Å². The number of ether oxygens (including phenoxy) is 1. The number of rotatable bonds is 5. The molecular weight excluding hydrogens is 332 g/mol. The van der Waals surface area contributed by atoms with E-state index in [1.165, 1.54) is 11.8 Å². The van der Waals surface area contributed by atoms with Crippen LogP contribution in [0.3, 0.4) is 0 Å². The fourth-order valence-electron chi connectivity index (χ4n) is 4.16. The topological polar surface area (TPSA) is 95.9 Å². The van der Waals surface area contributed by atoms with Gasteiger partial charge in [-0.1, -0.05) is 6.92 Å². The van der Waals surface area contributed by atoms with Gasteiger partial charge in [-0.15, -0.1) is 11.8 Å². The maximum atomic E-state index is 12.5. The third-order valence-corrected chi connectivity index (χ3v) is 7.04. The summed E-state index contributed by atoms with van der Waals surface area (Å²) in [6, 6.07) is -0.847. The summed E-state index contributed by atoms with van der Waals surface area (Å²) in [6.45, 7) is 6.22. The lowest BCUT2D eigenvalue weighted by atomic mass is 9.79. The molecule has 7 atom stereocenters. The average Bonchev–Trinajstić information content (AvgIpc) is 3.01. The maximum absolute atomic E-state index is 12.5. The summed E-state index contributed by atoms with van der Waals surface area (Å²) in [5.41, 5.74) is 0. The largest absolute Gasteiger partial charge is 0.464 e. The van der Waals surface area contributed by atoms with Gasteiger partial charge >= 0.3 is 5.97 Å². The Morgan fingerprint density at radius 1 is 1.50 bits per heavy atom. The zero-order valence-electron chi connectivity index (χ0n) is 14.1. The van der Waals surface area contributed by atoms with Crippen molar-refractivity contribution >= 4 is 29.5 Å². The van der Waals surface area contributed by atoms with Crippen molar-refractivity contribution in [3.05, 3.63) is 0 Å². The minimum absolute atomic E-state index is 0.00936. The minimum atomic E-state index is -0.748. The molecule has 7 unspecified atom stereocenters. The van der Waals surface area contributed by atoms with Crippen molar-refractivity contribution in [1.82, 2.24) is 10.2 Å². The van der Waals surface area contributed by atoms with E-state index in [1.54, 1.807) is 18.7 Å². The molecule has 3 aliphatic heterocycles. The number of fused-ring (bicyclic) bond motifs is 1. The first-order valence-corrected chi connectivity index (χ1v) is 9.42. The average molecular weight is 356 g/mol. The lowest BCUT2D eigenvalue weighted by Gasteiger charge is -2.47. The van der Waals surface area contributed by atoms with E-state index in [9.17, 15) is 19.5 Å². The highest BCUT2D eigenvalue weighted by atomic mass is 32.2. The van der Waals surface area contributed by atoms with Gasteiger partial charge in [0.2, 0.25) is 11.8 Å². The molecule has 2 amide bonds. The summed E-state index contributed by atoms with van der Waals surface area (Å²) >= 11 is 1.47. The van der Waals surface area contributed by atoms with Gasteiger partial charge in [0.25, 0.3) is 0 Å². The highest BCUT2D eigenvalue weighted by molar-refractivity contribution is 8.01. The molecule has 0 aliphatic carbocycles. The number of esters is 1. The first-order chi connectivity index (χ1) is 11.4. The maximum Gasteiger partial charge on any atom is 0.330 e. The van der Waals surface area contributed by atoms with Crippen molar-refractivity contribution in [2.75, 3.05) is 13.2 Å². The van der Waals surface area contributed by atoms with Crippen molar-refractivity contribution in [3.8, 4) is 0 Å². The Kier molecular flexibility index (Phi) is 4.79. The van der Waals surface area contributed by atoms with Gasteiger partial charge in [0.15, 0.2) is 0 Å². The molecule has 0 aromatic carbocycles. The molecule has 0 bridgehead atoms. The van der Waals surface area contributed by atoms with Crippen LogP contribution < -0.4 is 5.32 Å². The molecular formula is C16H24N2O5S. The fourth-order valence-corrected chi connectivity index (χ4v) is 5.80. The van der Waals surface area contributed by atoms with E-state index >= 15 is 0 Å². The Bertz CT molecular complexity index is 555. The monoisotopic (exact) mass is 356 g/mol. The molecule has 3 heterocycles. The molecule has 0 aromatic rings. The smallest absolute Gasteiger partial charge is 0.330 e. The van der Waals surface area contributed by atoms with Crippen LogP contribution in [0.2, 0.25) is 0 Å². The standard InChI is InChI=1S/C16H24N2O5S/c1-4-23-16(22)12-13(24-9-5-6-17-14(9)20)7(2)11-10(8(3)19)15(21)18(11)12/h7-13,19H,4-6H2,1-3H3,(H,17,20). The number of nitrogens with zero attached hydrogens (tertiary/aromatic N) is 1. The van der Waals surface area contributed by atoms with Crippen LogP contribution in [0.4, 0.5) is 0 Å². The Hall–Kier alpha value is -1.28. The van der Waals surface area contributed by atoms with Gasteiger partial charge in [-0.05, 0) is 26.2 Å². The summed E-state index contributed by atoms with van der Waals surface area (Å²) in [5.74, 6) is -1.09. The van der Waals surface area contributed by atoms with E-state index in [-0.39, 0.29) is 40.9 Å². The van der Waals surface area contributed by atoms with Gasteiger partial charge in [-0.25, -0.2) is 4.79 Å².